The van der Waals surface area contributed by atoms with Gasteiger partial charge in [0.1, 0.15) is 12.0 Å². The first-order valence-electron chi connectivity index (χ1n) is 10.5. The Kier molecular flexibility index (Phi) is 7.12. The molecule has 4 rings (SSSR count). The molecule has 2 atom stereocenters. The summed E-state index contributed by atoms with van der Waals surface area (Å²) in [5.41, 5.74) is 2.55. The number of ether oxygens (including phenoxy) is 1. The summed E-state index contributed by atoms with van der Waals surface area (Å²) >= 11 is 15.5. The van der Waals surface area contributed by atoms with Crippen molar-refractivity contribution in [2.45, 2.75) is 20.0 Å². The average Bonchev–Trinajstić information content (AvgIpc) is 3.14. The standard InChI is InChI=1S/C26H18BrCl2NO5/c1-12-9-15(27)10-13(2)21(12)30-25(33)23(32)20(22(31)14-7-8-18(28)19(29)11-14)24-16-5-3-4-6-17(16)26(34)35-24/h3-11,20,24H,1-2H3,(H,30,33)/t20-,24+/m1/s1. The number of fused-ring (bicyclic) bond motifs is 1. The molecule has 1 amide bonds. The summed E-state index contributed by atoms with van der Waals surface area (Å²) in [5.74, 6) is -5.07. The first-order chi connectivity index (χ1) is 16.6. The zero-order valence-electron chi connectivity index (χ0n) is 18.5. The molecule has 178 valence electrons. The monoisotopic (exact) mass is 573 g/mol. The third kappa shape index (κ3) is 4.89. The molecule has 1 aliphatic rings. The van der Waals surface area contributed by atoms with E-state index in [-0.39, 0.29) is 21.2 Å². The summed E-state index contributed by atoms with van der Waals surface area (Å²) in [7, 11) is 0. The number of benzene rings is 3. The second-order valence-electron chi connectivity index (χ2n) is 8.12. The summed E-state index contributed by atoms with van der Waals surface area (Å²) < 4.78 is 6.27. The Bertz CT molecular complexity index is 1380. The molecule has 3 aromatic rings. The van der Waals surface area contributed by atoms with Crippen LogP contribution in [-0.2, 0) is 14.3 Å². The number of Topliss-reactive ketones (excluding diaryl/α,β-unsaturated/α-hetero) is 2. The first-order valence-corrected chi connectivity index (χ1v) is 12.0. The van der Waals surface area contributed by atoms with Gasteiger partial charge >= 0.3 is 5.97 Å². The average molecular weight is 575 g/mol. The fourth-order valence-corrected chi connectivity index (χ4v) is 5.05. The number of hydrogen-bond donors (Lipinski definition) is 1. The van der Waals surface area contributed by atoms with Gasteiger partial charge in [0.15, 0.2) is 5.78 Å². The molecule has 1 N–H and O–H groups in total. The minimum Gasteiger partial charge on any atom is -0.453 e. The van der Waals surface area contributed by atoms with Crippen molar-refractivity contribution in [3.05, 3.63) is 96.9 Å². The number of anilines is 1. The minimum atomic E-state index is -1.63. The van der Waals surface area contributed by atoms with E-state index in [0.29, 0.717) is 11.3 Å². The van der Waals surface area contributed by atoms with Gasteiger partial charge in [-0.05, 0) is 61.4 Å². The van der Waals surface area contributed by atoms with Crippen molar-refractivity contribution in [3.8, 4) is 0 Å². The lowest BCUT2D eigenvalue weighted by molar-refractivity contribution is -0.138. The third-order valence-electron chi connectivity index (χ3n) is 5.75. The van der Waals surface area contributed by atoms with E-state index in [0.717, 1.165) is 15.6 Å². The predicted molar refractivity (Wildman–Crippen MR) is 136 cm³/mol. The van der Waals surface area contributed by atoms with E-state index >= 15 is 0 Å². The molecular formula is C26H18BrCl2NO5. The smallest absolute Gasteiger partial charge is 0.339 e. The molecule has 0 aromatic heterocycles. The molecule has 1 aliphatic heterocycles. The van der Waals surface area contributed by atoms with Crippen LogP contribution in [-0.4, -0.2) is 23.4 Å². The van der Waals surface area contributed by atoms with Gasteiger partial charge in [-0.15, -0.1) is 0 Å². The Hall–Kier alpha value is -3.00. The van der Waals surface area contributed by atoms with Gasteiger partial charge < -0.3 is 10.1 Å². The molecule has 3 aromatic carbocycles. The van der Waals surface area contributed by atoms with Gasteiger partial charge in [-0.2, -0.15) is 0 Å². The highest BCUT2D eigenvalue weighted by atomic mass is 79.9. The van der Waals surface area contributed by atoms with E-state index in [2.05, 4.69) is 21.2 Å². The Balaban J connectivity index is 1.75. The molecule has 35 heavy (non-hydrogen) atoms. The van der Waals surface area contributed by atoms with Gasteiger partial charge in [0, 0.05) is 21.3 Å². The SMILES string of the molecule is Cc1cc(Br)cc(C)c1NC(=O)C(=O)[C@@H](C(=O)c1ccc(Cl)c(Cl)c1)[C@H]1OC(=O)c2ccccc21. The number of carbonyl (C=O) groups excluding carboxylic acids is 4. The minimum absolute atomic E-state index is 0.0574. The Morgan fingerprint density at radius 2 is 1.63 bits per heavy atom. The van der Waals surface area contributed by atoms with Crippen LogP contribution in [0.25, 0.3) is 0 Å². The van der Waals surface area contributed by atoms with Crippen molar-refractivity contribution in [1.82, 2.24) is 0 Å². The Labute approximate surface area is 219 Å². The molecule has 1 heterocycles. The zero-order valence-corrected chi connectivity index (χ0v) is 21.6. The van der Waals surface area contributed by atoms with Crippen molar-refractivity contribution >= 4 is 68.3 Å². The summed E-state index contributed by atoms with van der Waals surface area (Å²) in [6.45, 7) is 3.57. The lowest BCUT2D eigenvalue weighted by Gasteiger charge is -2.21. The molecular weight excluding hydrogens is 557 g/mol. The summed E-state index contributed by atoms with van der Waals surface area (Å²) in [6, 6.07) is 14.2. The van der Waals surface area contributed by atoms with Crippen LogP contribution >= 0.6 is 39.1 Å². The maximum Gasteiger partial charge on any atom is 0.339 e. The highest BCUT2D eigenvalue weighted by Gasteiger charge is 2.46. The van der Waals surface area contributed by atoms with Gasteiger partial charge in [0.05, 0.1) is 15.6 Å². The van der Waals surface area contributed by atoms with Crippen LogP contribution in [0.5, 0.6) is 0 Å². The maximum absolute atomic E-state index is 13.6. The number of carbonyl (C=O) groups is 4. The van der Waals surface area contributed by atoms with Gasteiger partial charge in [0.25, 0.3) is 5.91 Å². The molecule has 0 unspecified atom stereocenters. The number of hydrogen-bond acceptors (Lipinski definition) is 5. The lowest BCUT2D eigenvalue weighted by atomic mass is 9.84. The van der Waals surface area contributed by atoms with Gasteiger partial charge in [-0.1, -0.05) is 57.3 Å². The molecule has 6 nitrogen and oxygen atoms in total. The summed E-state index contributed by atoms with van der Waals surface area (Å²) in [6.07, 6.45) is -1.27. The molecule has 9 heteroatoms. The number of ketones is 2. The largest absolute Gasteiger partial charge is 0.453 e. The molecule has 0 radical (unpaired) electrons. The van der Waals surface area contributed by atoms with Crippen molar-refractivity contribution in [3.63, 3.8) is 0 Å². The second-order valence-corrected chi connectivity index (χ2v) is 9.85. The number of esters is 1. The van der Waals surface area contributed by atoms with Crippen LogP contribution in [0.1, 0.15) is 43.5 Å². The quantitative estimate of drug-likeness (QED) is 0.162. The van der Waals surface area contributed by atoms with Crippen LogP contribution in [0.15, 0.2) is 59.1 Å². The van der Waals surface area contributed by atoms with Gasteiger partial charge in [0.2, 0.25) is 5.78 Å². The fraction of sp³-hybridized carbons (Fsp3) is 0.154. The van der Waals surface area contributed by atoms with E-state index in [9.17, 15) is 19.2 Å². The lowest BCUT2D eigenvalue weighted by Crippen LogP contribution is -2.38. The van der Waals surface area contributed by atoms with E-state index < -0.39 is 35.5 Å². The number of nitrogens with one attached hydrogen (secondary N) is 1. The van der Waals surface area contributed by atoms with Gasteiger partial charge in [-0.3, -0.25) is 14.4 Å². The zero-order chi connectivity index (χ0) is 25.4. The summed E-state index contributed by atoms with van der Waals surface area (Å²) in [4.78, 5) is 52.7. The molecule has 0 aliphatic carbocycles. The van der Waals surface area contributed by atoms with E-state index in [4.69, 9.17) is 27.9 Å². The highest BCUT2D eigenvalue weighted by molar-refractivity contribution is 9.10. The van der Waals surface area contributed by atoms with Crippen LogP contribution in [0.2, 0.25) is 10.0 Å². The van der Waals surface area contributed by atoms with Gasteiger partial charge in [-0.25, -0.2) is 4.79 Å². The summed E-state index contributed by atoms with van der Waals surface area (Å²) in [5, 5.41) is 2.96. The van der Waals surface area contributed by atoms with E-state index in [1.807, 2.05) is 0 Å². The number of amides is 1. The number of rotatable bonds is 6. The van der Waals surface area contributed by atoms with Crippen LogP contribution in [0.3, 0.4) is 0 Å². The van der Waals surface area contributed by atoms with Crippen molar-refractivity contribution in [2.24, 2.45) is 5.92 Å². The molecule has 0 bridgehead atoms. The number of cyclic esters (lactones) is 1. The maximum atomic E-state index is 13.6. The predicted octanol–water partition coefficient (Wildman–Crippen LogP) is 6.29. The van der Waals surface area contributed by atoms with Crippen molar-refractivity contribution in [1.29, 1.82) is 0 Å². The van der Waals surface area contributed by atoms with E-state index in [1.54, 1.807) is 44.2 Å². The fourth-order valence-electron chi connectivity index (χ4n) is 4.07. The first kappa shape index (κ1) is 25.1. The number of halogens is 3. The van der Waals surface area contributed by atoms with Crippen molar-refractivity contribution in [2.75, 3.05) is 5.32 Å². The Morgan fingerprint density at radius 3 is 2.29 bits per heavy atom. The highest BCUT2D eigenvalue weighted by Crippen LogP contribution is 2.39. The van der Waals surface area contributed by atoms with E-state index in [1.165, 1.54) is 24.3 Å². The molecule has 0 fully saturated rings. The normalized spacial score (nSPS) is 15.2. The molecule has 0 spiro atoms. The van der Waals surface area contributed by atoms with Crippen LogP contribution in [0, 0.1) is 19.8 Å². The number of aryl methyl sites for hydroxylation is 2. The molecule has 0 saturated carbocycles. The van der Waals surface area contributed by atoms with Crippen LogP contribution < -0.4 is 5.32 Å². The Morgan fingerprint density at radius 1 is 0.971 bits per heavy atom. The topological polar surface area (TPSA) is 89.5 Å². The van der Waals surface area contributed by atoms with Crippen LogP contribution in [0.4, 0.5) is 5.69 Å². The third-order valence-corrected chi connectivity index (χ3v) is 6.95. The second kappa shape index (κ2) is 9.93. The molecule has 0 saturated heterocycles. The van der Waals surface area contributed by atoms with Crippen molar-refractivity contribution < 1.29 is 23.9 Å².